The second-order valence-electron chi connectivity index (χ2n) is 9.03. The Labute approximate surface area is 213 Å². The molecule has 6 nitrogen and oxygen atoms in total. The van der Waals surface area contributed by atoms with Crippen LogP contribution in [0.2, 0.25) is 0 Å². The quantitative estimate of drug-likeness (QED) is 0.432. The molecule has 1 aliphatic rings. The summed E-state index contributed by atoms with van der Waals surface area (Å²) in [5.74, 6) is -0.607. The van der Waals surface area contributed by atoms with E-state index in [9.17, 15) is 17.6 Å². The molecule has 0 unspecified atom stereocenters. The zero-order chi connectivity index (χ0) is 25.5. The van der Waals surface area contributed by atoms with E-state index in [0.29, 0.717) is 19.5 Å². The van der Waals surface area contributed by atoms with Gasteiger partial charge in [0, 0.05) is 39.1 Å². The van der Waals surface area contributed by atoms with Crippen molar-refractivity contribution in [3.63, 3.8) is 0 Å². The number of rotatable bonds is 9. The number of hydrogen-bond donors (Lipinski definition) is 0. The molecule has 0 spiro atoms. The van der Waals surface area contributed by atoms with Gasteiger partial charge in [-0.2, -0.15) is 0 Å². The predicted molar refractivity (Wildman–Crippen MR) is 141 cm³/mol. The molecule has 3 aromatic carbocycles. The number of amides is 1. The lowest BCUT2D eigenvalue weighted by molar-refractivity contribution is -0.133. The number of nitrogens with zero attached hydrogens (tertiary/aromatic N) is 3. The summed E-state index contributed by atoms with van der Waals surface area (Å²) < 4.78 is 39.8. The van der Waals surface area contributed by atoms with Crippen molar-refractivity contribution < 1.29 is 17.6 Å². The van der Waals surface area contributed by atoms with Crippen LogP contribution >= 0.6 is 0 Å². The zero-order valence-corrected chi connectivity index (χ0v) is 21.3. The van der Waals surface area contributed by atoms with Crippen molar-refractivity contribution in [2.45, 2.75) is 18.9 Å². The fourth-order valence-corrected chi connectivity index (χ4v) is 5.73. The van der Waals surface area contributed by atoms with Gasteiger partial charge in [0.05, 0.1) is 18.0 Å². The van der Waals surface area contributed by atoms with Gasteiger partial charge < -0.3 is 4.90 Å². The van der Waals surface area contributed by atoms with E-state index < -0.39 is 15.8 Å². The van der Waals surface area contributed by atoms with Gasteiger partial charge in [0.2, 0.25) is 15.9 Å². The summed E-state index contributed by atoms with van der Waals surface area (Å²) in [7, 11) is -3.67. The molecule has 3 aromatic rings. The molecule has 0 N–H and O–H groups in total. The first kappa shape index (κ1) is 25.9. The molecule has 0 aliphatic carbocycles. The number of carbonyl (C=O) groups is 1. The van der Waals surface area contributed by atoms with Gasteiger partial charge in [-0.3, -0.25) is 14.0 Å². The van der Waals surface area contributed by atoms with Gasteiger partial charge >= 0.3 is 0 Å². The Bertz CT molecular complexity index is 1210. The van der Waals surface area contributed by atoms with Gasteiger partial charge in [-0.15, -0.1) is 0 Å². The van der Waals surface area contributed by atoms with Crippen LogP contribution in [0.4, 0.5) is 10.1 Å². The van der Waals surface area contributed by atoms with Crippen molar-refractivity contribution >= 4 is 21.6 Å². The standard InChI is InChI=1S/C28H32FN3O3S/c1-36(34,35)32(26-16-9-8-15-25(26)29)18-10-17-27(33)30-19-21-31(22-20-30)28(23-11-4-2-5-12-23)24-13-6-3-7-14-24/h2-9,11-16,28H,10,17-22H2,1H3. The zero-order valence-electron chi connectivity index (χ0n) is 20.5. The third-order valence-electron chi connectivity index (χ3n) is 6.54. The molecule has 1 heterocycles. The molecule has 36 heavy (non-hydrogen) atoms. The molecule has 1 amide bonds. The minimum absolute atomic E-state index is 0.00685. The summed E-state index contributed by atoms with van der Waals surface area (Å²) in [6.45, 7) is 2.75. The molecule has 8 heteroatoms. The average molecular weight is 510 g/mol. The molecular weight excluding hydrogens is 477 g/mol. The monoisotopic (exact) mass is 509 g/mol. The number of carbonyl (C=O) groups excluding carboxylic acids is 1. The number of halogens is 1. The number of benzene rings is 3. The van der Waals surface area contributed by atoms with Crippen LogP contribution in [0.25, 0.3) is 0 Å². The molecule has 190 valence electrons. The van der Waals surface area contributed by atoms with E-state index in [-0.39, 0.29) is 30.6 Å². The molecule has 0 atom stereocenters. The van der Waals surface area contributed by atoms with Crippen molar-refractivity contribution in [2.24, 2.45) is 0 Å². The Kier molecular flexibility index (Phi) is 8.38. The summed E-state index contributed by atoms with van der Waals surface area (Å²) in [6, 6.07) is 26.7. The van der Waals surface area contributed by atoms with Crippen LogP contribution in [0.5, 0.6) is 0 Å². The van der Waals surface area contributed by atoms with Gasteiger partial charge in [0.1, 0.15) is 5.82 Å². The minimum Gasteiger partial charge on any atom is -0.340 e. The van der Waals surface area contributed by atoms with Crippen LogP contribution in [-0.2, 0) is 14.8 Å². The molecule has 4 rings (SSSR count). The number of hydrogen-bond acceptors (Lipinski definition) is 4. The van der Waals surface area contributed by atoms with E-state index in [1.54, 1.807) is 6.07 Å². The van der Waals surface area contributed by atoms with Crippen LogP contribution < -0.4 is 4.31 Å². The van der Waals surface area contributed by atoms with Gasteiger partial charge in [-0.05, 0) is 29.7 Å². The Morgan fingerprint density at radius 1 is 0.861 bits per heavy atom. The van der Waals surface area contributed by atoms with Crippen molar-refractivity contribution in [1.82, 2.24) is 9.80 Å². The third-order valence-corrected chi connectivity index (χ3v) is 7.72. The van der Waals surface area contributed by atoms with Gasteiger partial charge in [-0.25, -0.2) is 12.8 Å². The normalized spacial score (nSPS) is 14.7. The van der Waals surface area contributed by atoms with Crippen molar-refractivity contribution in [2.75, 3.05) is 43.3 Å². The number of piperazine rings is 1. The summed E-state index contributed by atoms with van der Waals surface area (Å²) in [6.07, 6.45) is 1.58. The van der Waals surface area contributed by atoms with Gasteiger partial charge in [-0.1, -0.05) is 72.8 Å². The molecule has 0 bridgehead atoms. The summed E-state index contributed by atoms with van der Waals surface area (Å²) in [5.41, 5.74) is 2.45. The highest BCUT2D eigenvalue weighted by Crippen LogP contribution is 2.29. The number of anilines is 1. The first-order chi connectivity index (χ1) is 17.3. The second kappa shape index (κ2) is 11.7. The van der Waals surface area contributed by atoms with E-state index in [1.807, 2.05) is 41.3 Å². The topological polar surface area (TPSA) is 60.9 Å². The lowest BCUT2D eigenvalue weighted by atomic mass is 9.96. The van der Waals surface area contributed by atoms with E-state index in [4.69, 9.17) is 0 Å². The van der Waals surface area contributed by atoms with E-state index in [1.165, 1.54) is 29.3 Å². The molecule has 1 fully saturated rings. The second-order valence-corrected chi connectivity index (χ2v) is 10.9. The fourth-order valence-electron chi connectivity index (χ4n) is 4.77. The Morgan fingerprint density at radius 3 is 1.92 bits per heavy atom. The van der Waals surface area contributed by atoms with Crippen LogP contribution in [-0.4, -0.2) is 63.1 Å². The Balaban J connectivity index is 1.35. The van der Waals surface area contributed by atoms with Gasteiger partial charge in [0.25, 0.3) is 0 Å². The highest BCUT2D eigenvalue weighted by atomic mass is 32.2. The van der Waals surface area contributed by atoms with Crippen LogP contribution in [0, 0.1) is 5.82 Å². The summed E-state index contributed by atoms with van der Waals surface area (Å²) in [4.78, 5) is 17.2. The Hall–Kier alpha value is -3.23. The van der Waals surface area contributed by atoms with Crippen molar-refractivity contribution in [3.05, 3.63) is 102 Å². The fraction of sp³-hybridized carbons (Fsp3) is 0.321. The van der Waals surface area contributed by atoms with E-state index in [2.05, 4.69) is 29.2 Å². The van der Waals surface area contributed by atoms with Crippen LogP contribution in [0.15, 0.2) is 84.9 Å². The highest BCUT2D eigenvalue weighted by Gasteiger charge is 2.28. The highest BCUT2D eigenvalue weighted by molar-refractivity contribution is 7.92. The number of sulfonamides is 1. The van der Waals surface area contributed by atoms with Crippen molar-refractivity contribution in [1.29, 1.82) is 0 Å². The maximum absolute atomic E-state index is 14.2. The lowest BCUT2D eigenvalue weighted by Gasteiger charge is -2.40. The largest absolute Gasteiger partial charge is 0.340 e. The first-order valence-corrected chi connectivity index (χ1v) is 14.0. The first-order valence-electron chi connectivity index (χ1n) is 12.2. The predicted octanol–water partition coefficient (Wildman–Crippen LogP) is 4.31. The molecule has 1 aliphatic heterocycles. The van der Waals surface area contributed by atoms with E-state index in [0.717, 1.165) is 23.7 Å². The molecule has 0 radical (unpaired) electrons. The van der Waals surface area contributed by atoms with Crippen LogP contribution in [0.1, 0.15) is 30.0 Å². The maximum Gasteiger partial charge on any atom is 0.232 e. The van der Waals surface area contributed by atoms with Crippen LogP contribution in [0.3, 0.4) is 0 Å². The SMILES string of the molecule is CS(=O)(=O)N(CCCC(=O)N1CCN(C(c2ccccc2)c2ccccc2)CC1)c1ccccc1F. The minimum atomic E-state index is -3.67. The smallest absolute Gasteiger partial charge is 0.232 e. The lowest BCUT2D eigenvalue weighted by Crippen LogP contribution is -2.50. The third kappa shape index (κ3) is 6.30. The molecule has 0 aromatic heterocycles. The van der Waals surface area contributed by atoms with E-state index >= 15 is 0 Å². The summed E-state index contributed by atoms with van der Waals surface area (Å²) >= 11 is 0. The molecular formula is C28H32FN3O3S. The maximum atomic E-state index is 14.2. The van der Waals surface area contributed by atoms with Crippen molar-refractivity contribution in [3.8, 4) is 0 Å². The number of para-hydroxylation sites is 1. The molecule has 1 saturated heterocycles. The van der Waals surface area contributed by atoms with Gasteiger partial charge in [0.15, 0.2) is 0 Å². The molecule has 0 saturated carbocycles. The summed E-state index contributed by atoms with van der Waals surface area (Å²) in [5, 5.41) is 0. The average Bonchev–Trinajstić information content (AvgIpc) is 2.88. The Morgan fingerprint density at radius 2 is 1.39 bits per heavy atom.